The highest BCUT2D eigenvalue weighted by molar-refractivity contribution is 5.98. The number of aliphatic carboxylic acids is 1. The van der Waals surface area contributed by atoms with Crippen molar-refractivity contribution < 1.29 is 14.7 Å². The Balaban J connectivity index is 2.17. The van der Waals surface area contributed by atoms with Crippen LogP contribution in [0.25, 0.3) is 0 Å². The minimum absolute atomic E-state index is 0.0715. The number of carbonyl (C=O) groups is 2. The van der Waals surface area contributed by atoms with Gasteiger partial charge in [-0.25, -0.2) is 0 Å². The Bertz CT molecular complexity index is 682. The van der Waals surface area contributed by atoms with Crippen molar-refractivity contribution in [1.29, 1.82) is 0 Å². The molecule has 23 heavy (non-hydrogen) atoms. The van der Waals surface area contributed by atoms with Crippen molar-refractivity contribution in [2.75, 3.05) is 6.54 Å². The van der Waals surface area contributed by atoms with Crippen LogP contribution < -0.4 is 0 Å². The second-order valence-electron chi connectivity index (χ2n) is 5.70. The van der Waals surface area contributed by atoms with E-state index in [9.17, 15) is 14.7 Å². The smallest absolute Gasteiger partial charge is 0.320 e. The summed E-state index contributed by atoms with van der Waals surface area (Å²) < 4.78 is 0. The van der Waals surface area contributed by atoms with Gasteiger partial charge in [0.2, 0.25) is 0 Å². The lowest BCUT2D eigenvalue weighted by atomic mass is 10.1. The number of carbonyl (C=O) groups excluding carboxylic acids is 1. The molecule has 0 saturated carbocycles. The monoisotopic (exact) mass is 311 g/mol. The molecule has 0 amide bonds. The van der Waals surface area contributed by atoms with E-state index in [0.29, 0.717) is 12.1 Å². The summed E-state index contributed by atoms with van der Waals surface area (Å²) in [4.78, 5) is 25.5. The van der Waals surface area contributed by atoms with Gasteiger partial charge in [0.1, 0.15) is 6.04 Å². The molecule has 0 heterocycles. The molecule has 0 aliphatic carbocycles. The van der Waals surface area contributed by atoms with Crippen molar-refractivity contribution in [3.8, 4) is 0 Å². The minimum Gasteiger partial charge on any atom is -0.480 e. The van der Waals surface area contributed by atoms with Crippen molar-refractivity contribution in [2.24, 2.45) is 0 Å². The molecule has 120 valence electrons. The zero-order valence-corrected chi connectivity index (χ0v) is 13.4. The van der Waals surface area contributed by atoms with Crippen LogP contribution in [0.3, 0.4) is 0 Å². The Morgan fingerprint density at radius 3 is 2.39 bits per heavy atom. The van der Waals surface area contributed by atoms with Crippen molar-refractivity contribution in [3.05, 3.63) is 71.3 Å². The molecule has 1 N–H and O–H groups in total. The molecule has 4 nitrogen and oxygen atoms in total. The average Bonchev–Trinajstić information content (AvgIpc) is 2.54. The maximum atomic E-state index is 12.5. The summed E-state index contributed by atoms with van der Waals surface area (Å²) in [5.41, 5.74) is 2.61. The lowest BCUT2D eigenvalue weighted by Crippen LogP contribution is -2.41. The first-order chi connectivity index (χ1) is 11.0. The van der Waals surface area contributed by atoms with Crippen LogP contribution in [0.15, 0.2) is 54.6 Å². The quantitative estimate of drug-likeness (QED) is 0.798. The first kappa shape index (κ1) is 16.9. The fourth-order valence-electron chi connectivity index (χ4n) is 2.40. The molecular weight excluding hydrogens is 290 g/mol. The van der Waals surface area contributed by atoms with E-state index in [4.69, 9.17) is 0 Å². The largest absolute Gasteiger partial charge is 0.480 e. The molecule has 1 atom stereocenters. The second kappa shape index (κ2) is 7.70. The standard InChI is InChI=1S/C19H21NO3/c1-14-7-6-10-17(11-14)18(21)13-20(15(2)19(22)23)12-16-8-4-3-5-9-16/h3-11,15H,12-13H2,1-2H3,(H,22,23)/t15-/m1/s1. The van der Waals surface area contributed by atoms with Crippen molar-refractivity contribution in [3.63, 3.8) is 0 Å². The summed E-state index contributed by atoms with van der Waals surface area (Å²) in [6.45, 7) is 4.03. The molecule has 0 aromatic heterocycles. The van der Waals surface area contributed by atoms with Gasteiger partial charge in [0.15, 0.2) is 5.78 Å². The number of hydrogen-bond acceptors (Lipinski definition) is 3. The SMILES string of the molecule is Cc1cccc(C(=O)CN(Cc2ccccc2)[C@H](C)C(=O)O)c1. The van der Waals surface area contributed by atoms with Gasteiger partial charge in [-0.15, -0.1) is 0 Å². The van der Waals surface area contributed by atoms with E-state index in [1.54, 1.807) is 17.9 Å². The molecule has 0 radical (unpaired) electrons. The lowest BCUT2D eigenvalue weighted by molar-refractivity contribution is -0.142. The highest BCUT2D eigenvalue weighted by atomic mass is 16.4. The van der Waals surface area contributed by atoms with Gasteiger partial charge >= 0.3 is 5.97 Å². The summed E-state index contributed by atoms with van der Waals surface area (Å²) >= 11 is 0. The molecule has 0 fully saturated rings. The van der Waals surface area contributed by atoms with Crippen molar-refractivity contribution in [2.45, 2.75) is 26.4 Å². The molecule has 0 bridgehead atoms. The van der Waals surface area contributed by atoms with Gasteiger partial charge in [-0.2, -0.15) is 0 Å². The Labute approximate surface area is 136 Å². The number of rotatable bonds is 7. The number of ketones is 1. The third-order valence-corrected chi connectivity index (χ3v) is 3.82. The van der Waals surface area contributed by atoms with Gasteiger partial charge in [-0.3, -0.25) is 14.5 Å². The summed E-state index contributed by atoms with van der Waals surface area (Å²) in [7, 11) is 0. The number of Topliss-reactive ketones (excluding diaryl/α,β-unsaturated/α-hetero) is 1. The van der Waals surface area contributed by atoms with Crippen molar-refractivity contribution in [1.82, 2.24) is 4.90 Å². The Morgan fingerprint density at radius 2 is 1.78 bits per heavy atom. The maximum absolute atomic E-state index is 12.5. The first-order valence-corrected chi connectivity index (χ1v) is 7.58. The maximum Gasteiger partial charge on any atom is 0.320 e. The number of nitrogens with zero attached hydrogens (tertiary/aromatic N) is 1. The van der Waals surface area contributed by atoms with E-state index in [-0.39, 0.29) is 12.3 Å². The van der Waals surface area contributed by atoms with Crippen LogP contribution in [-0.4, -0.2) is 34.3 Å². The van der Waals surface area contributed by atoms with Gasteiger partial charge in [0.25, 0.3) is 0 Å². The van der Waals surface area contributed by atoms with Gasteiger partial charge in [-0.05, 0) is 25.5 Å². The van der Waals surface area contributed by atoms with Crippen LogP contribution in [0.5, 0.6) is 0 Å². The van der Waals surface area contributed by atoms with E-state index < -0.39 is 12.0 Å². The highest BCUT2D eigenvalue weighted by Gasteiger charge is 2.23. The Morgan fingerprint density at radius 1 is 1.09 bits per heavy atom. The molecule has 0 unspecified atom stereocenters. The summed E-state index contributed by atoms with van der Waals surface area (Å²) in [5, 5.41) is 9.31. The lowest BCUT2D eigenvalue weighted by Gasteiger charge is -2.25. The van der Waals surface area contributed by atoms with Gasteiger partial charge in [-0.1, -0.05) is 54.1 Å². The molecule has 4 heteroatoms. The van der Waals surface area contributed by atoms with Crippen LogP contribution in [0.4, 0.5) is 0 Å². The normalized spacial score (nSPS) is 12.1. The fraction of sp³-hybridized carbons (Fsp3) is 0.263. The van der Waals surface area contributed by atoms with Crippen LogP contribution >= 0.6 is 0 Å². The van der Waals surface area contributed by atoms with Crippen molar-refractivity contribution >= 4 is 11.8 Å². The molecule has 2 rings (SSSR count). The average molecular weight is 311 g/mol. The minimum atomic E-state index is -0.932. The first-order valence-electron chi connectivity index (χ1n) is 7.58. The Hall–Kier alpha value is -2.46. The number of aryl methyl sites for hydroxylation is 1. The highest BCUT2D eigenvalue weighted by Crippen LogP contribution is 2.12. The van der Waals surface area contributed by atoms with E-state index in [1.807, 2.05) is 55.5 Å². The molecule has 0 aliphatic rings. The van der Waals surface area contributed by atoms with Gasteiger partial charge < -0.3 is 5.11 Å². The number of carboxylic acids is 1. The summed E-state index contributed by atoms with van der Waals surface area (Å²) in [6, 6.07) is 16.2. The number of benzene rings is 2. The predicted molar refractivity (Wildman–Crippen MR) is 89.5 cm³/mol. The topological polar surface area (TPSA) is 57.6 Å². The van der Waals surface area contributed by atoms with E-state index in [2.05, 4.69) is 0 Å². The zero-order chi connectivity index (χ0) is 16.8. The van der Waals surface area contributed by atoms with E-state index in [1.165, 1.54) is 0 Å². The van der Waals surface area contributed by atoms with Crippen LogP contribution in [0, 0.1) is 6.92 Å². The second-order valence-corrected chi connectivity index (χ2v) is 5.70. The van der Waals surface area contributed by atoms with E-state index >= 15 is 0 Å². The summed E-state index contributed by atoms with van der Waals surface area (Å²) in [5.74, 6) is -1.00. The third-order valence-electron chi connectivity index (χ3n) is 3.82. The molecule has 2 aromatic rings. The van der Waals surface area contributed by atoms with Gasteiger partial charge in [0.05, 0.1) is 6.54 Å². The third kappa shape index (κ3) is 4.76. The fourth-order valence-corrected chi connectivity index (χ4v) is 2.40. The van der Waals surface area contributed by atoms with Gasteiger partial charge in [0, 0.05) is 12.1 Å². The molecule has 0 aliphatic heterocycles. The number of hydrogen-bond donors (Lipinski definition) is 1. The number of carboxylic acid groups (broad SMARTS) is 1. The van der Waals surface area contributed by atoms with E-state index in [0.717, 1.165) is 11.1 Å². The van der Waals surface area contributed by atoms with Crippen LogP contribution in [0.2, 0.25) is 0 Å². The Kier molecular flexibility index (Phi) is 5.66. The van der Waals surface area contributed by atoms with Crippen LogP contribution in [0.1, 0.15) is 28.4 Å². The molecular formula is C19H21NO3. The molecule has 2 aromatic carbocycles. The molecule has 0 spiro atoms. The molecule has 0 saturated heterocycles. The summed E-state index contributed by atoms with van der Waals surface area (Å²) in [6.07, 6.45) is 0. The zero-order valence-electron chi connectivity index (χ0n) is 13.4. The van der Waals surface area contributed by atoms with Crippen LogP contribution in [-0.2, 0) is 11.3 Å². The predicted octanol–water partition coefficient (Wildman–Crippen LogP) is 3.15.